The molecule has 0 bridgehead atoms. The summed E-state index contributed by atoms with van der Waals surface area (Å²) >= 11 is 0. The molecule has 0 spiro atoms. The Morgan fingerprint density at radius 2 is 1.85 bits per heavy atom. The van der Waals surface area contributed by atoms with Crippen LogP contribution in [0.3, 0.4) is 0 Å². The molecular weight excluding hydrogens is 258 g/mol. The summed E-state index contributed by atoms with van der Waals surface area (Å²) in [6, 6.07) is 0. The minimum absolute atomic E-state index is 0.0431. The molecule has 0 unspecified atom stereocenters. The van der Waals surface area contributed by atoms with Gasteiger partial charge in [-0.2, -0.15) is 0 Å². The Kier molecular flexibility index (Phi) is 5.41. The number of aliphatic hydroxyl groups is 2. The molecule has 20 heavy (non-hydrogen) atoms. The fourth-order valence-corrected chi connectivity index (χ4v) is 3.30. The van der Waals surface area contributed by atoms with Crippen LogP contribution >= 0.6 is 0 Å². The number of carbonyl (C=O) groups is 1. The molecule has 0 atom stereocenters. The van der Waals surface area contributed by atoms with Crippen LogP contribution in [-0.2, 0) is 9.53 Å². The molecule has 0 radical (unpaired) electrons. The lowest BCUT2D eigenvalue weighted by Gasteiger charge is -2.40. The number of rotatable bonds is 4. The second kappa shape index (κ2) is 6.87. The van der Waals surface area contributed by atoms with Crippen LogP contribution in [0.1, 0.15) is 45.4 Å². The number of hydrogen-bond acceptors (Lipinski definition) is 5. The highest BCUT2D eigenvalue weighted by molar-refractivity contribution is 5.72. The van der Waals surface area contributed by atoms with Crippen molar-refractivity contribution >= 4 is 5.97 Å². The van der Waals surface area contributed by atoms with Gasteiger partial charge >= 0.3 is 5.97 Å². The summed E-state index contributed by atoms with van der Waals surface area (Å²) in [5, 5.41) is 20.2. The standard InChI is InChI=1S/C15H27NO4/c1-2-20-14(18)12-3-7-15(19,8-4-12)11-16-9-5-13(17)6-10-16/h12-13,17,19H,2-11H2,1H3. The van der Waals surface area contributed by atoms with Gasteiger partial charge < -0.3 is 19.8 Å². The molecule has 2 fully saturated rings. The van der Waals surface area contributed by atoms with E-state index in [0.717, 1.165) is 25.9 Å². The summed E-state index contributed by atoms with van der Waals surface area (Å²) in [5.74, 6) is -0.158. The lowest BCUT2D eigenvalue weighted by Crippen LogP contribution is -2.49. The molecule has 1 aliphatic carbocycles. The molecule has 2 aliphatic rings. The lowest BCUT2D eigenvalue weighted by molar-refractivity contribution is -0.151. The van der Waals surface area contributed by atoms with E-state index >= 15 is 0 Å². The molecule has 1 saturated heterocycles. The van der Waals surface area contributed by atoms with Gasteiger partial charge in [0.2, 0.25) is 0 Å². The first-order valence-electron chi connectivity index (χ1n) is 7.82. The van der Waals surface area contributed by atoms with E-state index in [2.05, 4.69) is 4.90 Å². The molecule has 0 aromatic heterocycles. The largest absolute Gasteiger partial charge is 0.466 e. The first kappa shape index (κ1) is 15.7. The van der Waals surface area contributed by atoms with E-state index in [1.54, 1.807) is 0 Å². The third kappa shape index (κ3) is 4.17. The zero-order chi connectivity index (χ0) is 14.6. The van der Waals surface area contributed by atoms with Crippen LogP contribution in [0.5, 0.6) is 0 Å². The first-order chi connectivity index (χ1) is 9.52. The number of ether oxygens (including phenoxy) is 1. The van der Waals surface area contributed by atoms with Crippen molar-refractivity contribution in [3.63, 3.8) is 0 Å². The quantitative estimate of drug-likeness (QED) is 0.752. The van der Waals surface area contributed by atoms with Gasteiger partial charge in [-0.05, 0) is 45.4 Å². The number of piperidine rings is 1. The molecule has 1 heterocycles. The minimum Gasteiger partial charge on any atom is -0.466 e. The van der Waals surface area contributed by atoms with Gasteiger partial charge in [0.15, 0.2) is 0 Å². The maximum absolute atomic E-state index is 11.7. The number of likely N-dealkylation sites (tertiary alicyclic amines) is 1. The molecule has 1 saturated carbocycles. The van der Waals surface area contributed by atoms with Crippen molar-refractivity contribution in [2.24, 2.45) is 5.92 Å². The van der Waals surface area contributed by atoms with Crippen molar-refractivity contribution in [1.82, 2.24) is 4.90 Å². The van der Waals surface area contributed by atoms with Crippen LogP contribution in [0.15, 0.2) is 0 Å². The van der Waals surface area contributed by atoms with Crippen LogP contribution in [0.4, 0.5) is 0 Å². The second-order valence-electron chi connectivity index (χ2n) is 6.26. The van der Waals surface area contributed by atoms with Gasteiger partial charge in [-0.3, -0.25) is 4.79 Å². The number of β-amino-alcohol motifs (C(OH)–C–C–N with tert-alkyl or cyclic N) is 1. The Labute approximate surface area is 120 Å². The molecule has 2 rings (SSSR count). The van der Waals surface area contributed by atoms with E-state index < -0.39 is 5.60 Å². The summed E-state index contributed by atoms with van der Waals surface area (Å²) in [6.07, 6.45) is 4.16. The van der Waals surface area contributed by atoms with Gasteiger partial charge in [0.05, 0.1) is 24.2 Å². The van der Waals surface area contributed by atoms with Crippen molar-refractivity contribution in [3.8, 4) is 0 Å². The van der Waals surface area contributed by atoms with Crippen molar-refractivity contribution in [2.45, 2.75) is 57.2 Å². The summed E-state index contributed by atoms with van der Waals surface area (Å²) < 4.78 is 5.05. The molecule has 0 aromatic carbocycles. The Bertz CT molecular complexity index is 318. The Morgan fingerprint density at radius 1 is 1.25 bits per heavy atom. The third-order valence-electron chi connectivity index (χ3n) is 4.61. The number of hydrogen-bond donors (Lipinski definition) is 2. The number of aliphatic hydroxyl groups excluding tert-OH is 1. The molecule has 0 amide bonds. The van der Waals surface area contributed by atoms with Gasteiger partial charge in [0, 0.05) is 19.6 Å². The van der Waals surface area contributed by atoms with Crippen molar-refractivity contribution in [1.29, 1.82) is 0 Å². The first-order valence-corrected chi connectivity index (χ1v) is 7.82. The molecule has 5 nitrogen and oxygen atoms in total. The van der Waals surface area contributed by atoms with Gasteiger partial charge in [0.25, 0.3) is 0 Å². The Morgan fingerprint density at radius 3 is 2.40 bits per heavy atom. The monoisotopic (exact) mass is 285 g/mol. The maximum Gasteiger partial charge on any atom is 0.308 e. The topological polar surface area (TPSA) is 70.0 Å². The summed E-state index contributed by atoms with van der Waals surface area (Å²) in [5.41, 5.74) is -0.675. The number of carbonyl (C=O) groups excluding carboxylic acids is 1. The van der Waals surface area contributed by atoms with Crippen LogP contribution in [-0.4, -0.2) is 59.0 Å². The lowest BCUT2D eigenvalue weighted by atomic mass is 9.78. The second-order valence-corrected chi connectivity index (χ2v) is 6.26. The SMILES string of the molecule is CCOC(=O)C1CCC(O)(CN2CCC(O)CC2)CC1. The van der Waals surface area contributed by atoms with Gasteiger partial charge in [0.1, 0.15) is 0 Å². The highest BCUT2D eigenvalue weighted by Crippen LogP contribution is 2.34. The number of nitrogens with zero attached hydrogens (tertiary/aromatic N) is 1. The van der Waals surface area contributed by atoms with Crippen LogP contribution < -0.4 is 0 Å². The van der Waals surface area contributed by atoms with E-state index in [0.29, 0.717) is 38.8 Å². The van der Waals surface area contributed by atoms with Gasteiger partial charge in [-0.25, -0.2) is 0 Å². The molecule has 116 valence electrons. The van der Waals surface area contributed by atoms with Crippen molar-refractivity contribution in [2.75, 3.05) is 26.2 Å². The molecular formula is C15H27NO4. The fourth-order valence-electron chi connectivity index (χ4n) is 3.30. The van der Waals surface area contributed by atoms with E-state index in [9.17, 15) is 15.0 Å². The summed E-state index contributed by atoms with van der Waals surface area (Å²) in [6.45, 7) is 4.61. The third-order valence-corrected chi connectivity index (χ3v) is 4.61. The zero-order valence-electron chi connectivity index (χ0n) is 12.4. The molecule has 1 aliphatic heterocycles. The predicted octanol–water partition coefficient (Wildman–Crippen LogP) is 0.927. The van der Waals surface area contributed by atoms with Gasteiger partial charge in [-0.15, -0.1) is 0 Å². The predicted molar refractivity (Wildman–Crippen MR) is 75.2 cm³/mol. The summed E-state index contributed by atoms with van der Waals surface area (Å²) in [4.78, 5) is 13.9. The Hall–Kier alpha value is -0.650. The van der Waals surface area contributed by atoms with E-state index in [4.69, 9.17) is 4.74 Å². The van der Waals surface area contributed by atoms with E-state index in [1.165, 1.54) is 0 Å². The molecule has 2 N–H and O–H groups in total. The highest BCUT2D eigenvalue weighted by atomic mass is 16.5. The molecule has 0 aromatic rings. The van der Waals surface area contributed by atoms with Crippen LogP contribution in [0.2, 0.25) is 0 Å². The van der Waals surface area contributed by atoms with Crippen LogP contribution in [0.25, 0.3) is 0 Å². The average molecular weight is 285 g/mol. The van der Waals surface area contributed by atoms with E-state index in [1.807, 2.05) is 6.92 Å². The smallest absolute Gasteiger partial charge is 0.308 e. The fraction of sp³-hybridized carbons (Fsp3) is 0.933. The normalized spacial score (nSPS) is 33.0. The maximum atomic E-state index is 11.7. The van der Waals surface area contributed by atoms with Crippen molar-refractivity contribution in [3.05, 3.63) is 0 Å². The van der Waals surface area contributed by atoms with Crippen molar-refractivity contribution < 1.29 is 19.7 Å². The van der Waals surface area contributed by atoms with Crippen LogP contribution in [0, 0.1) is 5.92 Å². The molecule has 5 heteroatoms. The van der Waals surface area contributed by atoms with E-state index in [-0.39, 0.29) is 18.0 Å². The van der Waals surface area contributed by atoms with Gasteiger partial charge in [-0.1, -0.05) is 0 Å². The summed E-state index contributed by atoms with van der Waals surface area (Å²) in [7, 11) is 0. The average Bonchev–Trinajstić information content (AvgIpc) is 2.42. The minimum atomic E-state index is -0.675. The zero-order valence-corrected chi connectivity index (χ0v) is 12.4. The number of esters is 1. The highest BCUT2D eigenvalue weighted by Gasteiger charge is 2.38. The Balaban J connectivity index is 1.77.